The molecule has 0 aliphatic carbocycles. The highest BCUT2D eigenvalue weighted by Gasteiger charge is 2.39. The Labute approximate surface area is 187 Å². The number of rotatable bonds is 5. The van der Waals surface area contributed by atoms with Gasteiger partial charge in [0.05, 0.1) is 11.9 Å². The van der Waals surface area contributed by atoms with Gasteiger partial charge in [-0.2, -0.15) is 5.10 Å². The van der Waals surface area contributed by atoms with Gasteiger partial charge in [0.2, 0.25) is 0 Å². The second-order valence-corrected chi connectivity index (χ2v) is 9.72. The van der Waals surface area contributed by atoms with E-state index in [1.807, 2.05) is 26.8 Å². The van der Waals surface area contributed by atoms with Gasteiger partial charge in [0, 0.05) is 36.8 Å². The summed E-state index contributed by atoms with van der Waals surface area (Å²) in [6, 6.07) is 4.29. The van der Waals surface area contributed by atoms with E-state index in [4.69, 9.17) is 4.74 Å². The van der Waals surface area contributed by atoms with Gasteiger partial charge in [-0.15, -0.1) is 0 Å². The molecule has 2 aliphatic heterocycles. The Morgan fingerprint density at radius 1 is 1.38 bits per heavy atom. The normalized spacial score (nSPS) is 23.6. The van der Waals surface area contributed by atoms with Gasteiger partial charge >= 0.3 is 0 Å². The molecule has 7 nitrogen and oxygen atoms in total. The van der Waals surface area contributed by atoms with Crippen molar-refractivity contribution in [2.24, 2.45) is 5.92 Å². The van der Waals surface area contributed by atoms with E-state index >= 15 is 0 Å². The number of pyridine rings is 1. The zero-order valence-corrected chi connectivity index (χ0v) is 18.8. The molecular formula is C23H31F2N5O2. The van der Waals surface area contributed by atoms with Crippen LogP contribution in [0.15, 0.2) is 30.6 Å². The number of halogens is 2. The molecule has 32 heavy (non-hydrogen) atoms. The summed E-state index contributed by atoms with van der Waals surface area (Å²) < 4.78 is 34.9. The number of amides is 1. The van der Waals surface area contributed by atoms with E-state index in [2.05, 4.69) is 15.4 Å². The number of nitrogens with zero attached hydrogens (tertiary/aromatic N) is 4. The van der Waals surface area contributed by atoms with E-state index in [0.717, 1.165) is 18.5 Å². The van der Waals surface area contributed by atoms with Crippen LogP contribution in [0.25, 0.3) is 0 Å². The number of hydrogen-bond donors (Lipinski definition) is 1. The van der Waals surface area contributed by atoms with Gasteiger partial charge < -0.3 is 15.0 Å². The van der Waals surface area contributed by atoms with Crippen molar-refractivity contribution in [2.45, 2.75) is 64.0 Å². The Bertz CT molecular complexity index is 928. The molecule has 0 spiro atoms. The number of carbonyl (C=O) groups is 1. The maximum absolute atomic E-state index is 13.9. The number of ether oxygens (including phenoxy) is 1. The van der Waals surface area contributed by atoms with Crippen LogP contribution in [0.5, 0.6) is 5.75 Å². The first-order valence-electron chi connectivity index (χ1n) is 11.2. The number of aromatic nitrogens is 3. The summed E-state index contributed by atoms with van der Waals surface area (Å²) in [6.07, 6.45) is 2.73. The SMILES string of the molecule is CC(C)(C)c1cc2n(n1)[C@@H](C(F)F)C[C@@H](C1CCCN(C(=O)COc3cccnc3)C1)N2. The first-order valence-corrected chi connectivity index (χ1v) is 11.2. The van der Waals surface area contributed by atoms with Crippen LogP contribution in [-0.4, -0.2) is 57.7 Å². The zero-order chi connectivity index (χ0) is 22.9. The summed E-state index contributed by atoms with van der Waals surface area (Å²) in [7, 11) is 0. The van der Waals surface area contributed by atoms with Crippen molar-refractivity contribution < 1.29 is 18.3 Å². The number of anilines is 1. The average Bonchev–Trinajstić information content (AvgIpc) is 3.22. The minimum absolute atomic E-state index is 0.0577. The predicted molar refractivity (Wildman–Crippen MR) is 117 cm³/mol. The van der Waals surface area contributed by atoms with Crippen molar-refractivity contribution in [3.05, 3.63) is 36.3 Å². The van der Waals surface area contributed by atoms with E-state index in [0.29, 0.717) is 24.7 Å². The molecule has 1 fully saturated rings. The van der Waals surface area contributed by atoms with Crippen molar-refractivity contribution in [1.29, 1.82) is 0 Å². The molecule has 4 heterocycles. The fraction of sp³-hybridized carbons (Fsp3) is 0.609. The van der Waals surface area contributed by atoms with Gasteiger partial charge in [-0.3, -0.25) is 9.78 Å². The maximum Gasteiger partial charge on any atom is 0.260 e. The monoisotopic (exact) mass is 447 g/mol. The number of alkyl halides is 2. The second-order valence-electron chi connectivity index (χ2n) is 9.72. The van der Waals surface area contributed by atoms with Crippen LogP contribution in [-0.2, 0) is 10.2 Å². The van der Waals surface area contributed by atoms with Crippen LogP contribution in [0, 0.1) is 5.92 Å². The van der Waals surface area contributed by atoms with Crippen LogP contribution in [0.3, 0.4) is 0 Å². The Hall–Kier alpha value is -2.71. The maximum atomic E-state index is 13.9. The highest BCUT2D eigenvalue weighted by Crippen LogP contribution is 2.38. The molecule has 0 bridgehead atoms. The number of piperidine rings is 1. The lowest BCUT2D eigenvalue weighted by atomic mass is 9.86. The molecule has 1 amide bonds. The van der Waals surface area contributed by atoms with Gasteiger partial charge in [0.1, 0.15) is 17.6 Å². The van der Waals surface area contributed by atoms with E-state index < -0.39 is 12.5 Å². The van der Waals surface area contributed by atoms with Crippen LogP contribution >= 0.6 is 0 Å². The molecule has 2 aromatic rings. The number of carbonyl (C=O) groups excluding carboxylic acids is 1. The largest absolute Gasteiger partial charge is 0.482 e. The molecule has 4 rings (SSSR count). The van der Waals surface area contributed by atoms with Gasteiger partial charge in [0.25, 0.3) is 12.3 Å². The lowest BCUT2D eigenvalue weighted by Gasteiger charge is -2.41. The first-order chi connectivity index (χ1) is 15.2. The fourth-order valence-electron chi connectivity index (χ4n) is 4.48. The highest BCUT2D eigenvalue weighted by molar-refractivity contribution is 5.77. The molecule has 0 aromatic carbocycles. The van der Waals surface area contributed by atoms with Crippen LogP contribution in [0.4, 0.5) is 14.6 Å². The second kappa shape index (κ2) is 9.03. The van der Waals surface area contributed by atoms with E-state index in [9.17, 15) is 13.6 Å². The van der Waals surface area contributed by atoms with E-state index in [1.165, 1.54) is 4.68 Å². The van der Waals surface area contributed by atoms with Crippen molar-refractivity contribution in [2.75, 3.05) is 25.0 Å². The summed E-state index contributed by atoms with van der Waals surface area (Å²) in [5.41, 5.74) is 0.565. The van der Waals surface area contributed by atoms with Crippen LogP contribution in [0.1, 0.15) is 51.8 Å². The topological polar surface area (TPSA) is 72.3 Å². The number of likely N-dealkylation sites (tertiary alicyclic amines) is 1. The summed E-state index contributed by atoms with van der Waals surface area (Å²) in [5.74, 6) is 1.18. The molecule has 2 aromatic heterocycles. The standard InChI is InChI=1S/C23H31F2N5O2/c1-23(2,3)19-11-20-27-17(10-18(22(24)25)30(20)28-19)15-6-5-9-29(13-15)21(31)14-32-16-7-4-8-26-12-16/h4,7-8,11-12,15,17-18,22,27H,5-6,9-10,13-14H2,1-3H3/t15?,17-,18+/m0/s1. The van der Waals surface area contributed by atoms with Crippen molar-refractivity contribution in [1.82, 2.24) is 19.7 Å². The van der Waals surface area contributed by atoms with Gasteiger partial charge in [-0.1, -0.05) is 20.8 Å². The third-order valence-corrected chi connectivity index (χ3v) is 6.31. The summed E-state index contributed by atoms with van der Waals surface area (Å²) in [6.45, 7) is 7.20. The number of hydrogen-bond acceptors (Lipinski definition) is 5. The third-order valence-electron chi connectivity index (χ3n) is 6.31. The molecule has 2 aliphatic rings. The van der Waals surface area contributed by atoms with Crippen LogP contribution < -0.4 is 10.1 Å². The average molecular weight is 448 g/mol. The molecule has 0 radical (unpaired) electrons. The number of fused-ring (bicyclic) bond motifs is 1. The van der Waals surface area contributed by atoms with E-state index in [1.54, 1.807) is 29.4 Å². The van der Waals surface area contributed by atoms with Gasteiger partial charge in [0.15, 0.2) is 6.61 Å². The molecule has 1 unspecified atom stereocenters. The fourth-order valence-corrected chi connectivity index (χ4v) is 4.48. The van der Waals surface area contributed by atoms with Crippen molar-refractivity contribution in [3.63, 3.8) is 0 Å². The smallest absolute Gasteiger partial charge is 0.260 e. The lowest BCUT2D eigenvalue weighted by Crippen LogP contribution is -2.49. The molecular weight excluding hydrogens is 416 g/mol. The molecule has 9 heteroatoms. The Balaban J connectivity index is 1.43. The summed E-state index contributed by atoms with van der Waals surface area (Å²) in [4.78, 5) is 18.5. The predicted octanol–water partition coefficient (Wildman–Crippen LogP) is 3.88. The Morgan fingerprint density at radius 2 is 2.19 bits per heavy atom. The first kappa shape index (κ1) is 22.5. The Kier molecular flexibility index (Phi) is 6.35. The minimum Gasteiger partial charge on any atom is -0.482 e. The summed E-state index contributed by atoms with van der Waals surface area (Å²) in [5, 5.41) is 7.94. The van der Waals surface area contributed by atoms with Crippen molar-refractivity contribution >= 4 is 11.7 Å². The highest BCUT2D eigenvalue weighted by atomic mass is 19.3. The third kappa shape index (κ3) is 4.86. The van der Waals surface area contributed by atoms with Crippen LogP contribution in [0.2, 0.25) is 0 Å². The lowest BCUT2D eigenvalue weighted by molar-refractivity contribution is -0.135. The molecule has 1 saturated heterocycles. The quantitative estimate of drug-likeness (QED) is 0.753. The van der Waals surface area contributed by atoms with Gasteiger partial charge in [-0.05, 0) is 37.3 Å². The minimum atomic E-state index is -2.50. The number of nitrogens with one attached hydrogen (secondary N) is 1. The van der Waals surface area contributed by atoms with E-state index in [-0.39, 0.29) is 36.3 Å². The molecule has 174 valence electrons. The zero-order valence-electron chi connectivity index (χ0n) is 18.8. The molecule has 1 N–H and O–H groups in total. The Morgan fingerprint density at radius 3 is 2.88 bits per heavy atom. The van der Waals surface area contributed by atoms with Gasteiger partial charge in [-0.25, -0.2) is 13.5 Å². The molecule has 0 saturated carbocycles. The molecule has 3 atom stereocenters. The van der Waals surface area contributed by atoms with Crippen molar-refractivity contribution in [3.8, 4) is 5.75 Å². The summed E-state index contributed by atoms with van der Waals surface area (Å²) >= 11 is 0.